The summed E-state index contributed by atoms with van der Waals surface area (Å²) in [7, 11) is 0. The predicted molar refractivity (Wildman–Crippen MR) is 77.1 cm³/mol. The van der Waals surface area contributed by atoms with Crippen molar-refractivity contribution in [3.05, 3.63) is 53.9 Å². The summed E-state index contributed by atoms with van der Waals surface area (Å²) in [5.41, 5.74) is 3.33. The van der Waals surface area contributed by atoms with E-state index in [4.69, 9.17) is 0 Å². The van der Waals surface area contributed by atoms with E-state index in [0.717, 1.165) is 24.2 Å². The minimum absolute atomic E-state index is 0.444. The number of pyridine rings is 1. The van der Waals surface area contributed by atoms with Crippen LogP contribution in [-0.4, -0.2) is 15.0 Å². The van der Waals surface area contributed by atoms with Gasteiger partial charge >= 0.3 is 0 Å². The summed E-state index contributed by atoms with van der Waals surface area (Å²) in [6, 6.07) is 6.11. The van der Waals surface area contributed by atoms with Gasteiger partial charge in [0, 0.05) is 30.2 Å². The molecule has 3 nitrogen and oxygen atoms in total. The molecule has 2 heterocycles. The zero-order valence-electron chi connectivity index (χ0n) is 11.9. The lowest BCUT2D eigenvalue weighted by Crippen LogP contribution is -2.04. The summed E-state index contributed by atoms with van der Waals surface area (Å²) in [4.78, 5) is 13.2. The van der Waals surface area contributed by atoms with Crippen molar-refractivity contribution in [3.63, 3.8) is 0 Å². The molecule has 0 fully saturated rings. The first-order chi connectivity index (χ1) is 9.18. The van der Waals surface area contributed by atoms with Crippen molar-refractivity contribution in [1.82, 2.24) is 15.0 Å². The maximum atomic E-state index is 4.45. The van der Waals surface area contributed by atoms with E-state index >= 15 is 0 Å². The van der Waals surface area contributed by atoms with Gasteiger partial charge in [-0.3, -0.25) is 15.0 Å². The lowest BCUT2D eigenvalue weighted by Gasteiger charge is -2.15. The standard InChI is InChI=1S/C16H21N3/c1-12(15-6-4-5-9-18-15)7-8-13(2)16-14(3)17-10-11-19-16/h4-6,9-13H,7-8H2,1-3H3. The third kappa shape index (κ3) is 3.60. The second-order valence-electron chi connectivity index (χ2n) is 5.16. The quantitative estimate of drug-likeness (QED) is 0.814. The summed E-state index contributed by atoms with van der Waals surface area (Å²) in [5, 5.41) is 0. The predicted octanol–water partition coefficient (Wildman–Crippen LogP) is 3.87. The first-order valence-corrected chi connectivity index (χ1v) is 6.87. The van der Waals surface area contributed by atoms with Crippen molar-refractivity contribution in [2.24, 2.45) is 0 Å². The highest BCUT2D eigenvalue weighted by molar-refractivity contribution is 5.14. The molecule has 0 saturated heterocycles. The van der Waals surface area contributed by atoms with E-state index in [-0.39, 0.29) is 0 Å². The van der Waals surface area contributed by atoms with Gasteiger partial charge in [0.05, 0.1) is 11.4 Å². The van der Waals surface area contributed by atoms with E-state index < -0.39 is 0 Å². The van der Waals surface area contributed by atoms with Crippen molar-refractivity contribution < 1.29 is 0 Å². The third-order valence-electron chi connectivity index (χ3n) is 3.61. The lowest BCUT2D eigenvalue weighted by molar-refractivity contribution is 0.554. The number of aryl methyl sites for hydroxylation is 1. The molecule has 0 aliphatic rings. The fraction of sp³-hybridized carbons (Fsp3) is 0.438. The Hall–Kier alpha value is -1.77. The van der Waals surface area contributed by atoms with E-state index in [1.807, 2.05) is 19.2 Å². The molecular formula is C16H21N3. The van der Waals surface area contributed by atoms with Gasteiger partial charge in [-0.1, -0.05) is 19.9 Å². The zero-order valence-corrected chi connectivity index (χ0v) is 11.9. The van der Waals surface area contributed by atoms with Gasteiger partial charge in [-0.05, 0) is 37.8 Å². The number of hydrogen-bond acceptors (Lipinski definition) is 3. The molecule has 3 heteroatoms. The highest BCUT2D eigenvalue weighted by Crippen LogP contribution is 2.26. The summed E-state index contributed by atoms with van der Waals surface area (Å²) >= 11 is 0. The van der Waals surface area contributed by atoms with Crippen LogP contribution < -0.4 is 0 Å². The monoisotopic (exact) mass is 255 g/mol. The molecule has 2 rings (SSSR count). The Morgan fingerprint density at radius 3 is 2.32 bits per heavy atom. The Labute approximate surface area is 115 Å². The largest absolute Gasteiger partial charge is 0.261 e. The van der Waals surface area contributed by atoms with Gasteiger partial charge in [0.1, 0.15) is 0 Å². The molecule has 0 aliphatic heterocycles. The van der Waals surface area contributed by atoms with Crippen molar-refractivity contribution in [2.75, 3.05) is 0 Å². The van der Waals surface area contributed by atoms with Gasteiger partial charge in [0.2, 0.25) is 0 Å². The van der Waals surface area contributed by atoms with Crippen LogP contribution in [0.3, 0.4) is 0 Å². The molecule has 0 saturated carbocycles. The zero-order chi connectivity index (χ0) is 13.7. The number of hydrogen-bond donors (Lipinski definition) is 0. The Morgan fingerprint density at radius 2 is 1.63 bits per heavy atom. The molecule has 2 aromatic rings. The van der Waals surface area contributed by atoms with Crippen LogP contribution >= 0.6 is 0 Å². The molecule has 0 radical (unpaired) electrons. The molecule has 0 bridgehead atoms. The maximum Gasteiger partial charge on any atom is 0.0643 e. The van der Waals surface area contributed by atoms with Gasteiger partial charge in [0.25, 0.3) is 0 Å². The van der Waals surface area contributed by atoms with Crippen LogP contribution in [0, 0.1) is 6.92 Å². The molecule has 0 spiro atoms. The van der Waals surface area contributed by atoms with Crippen molar-refractivity contribution in [1.29, 1.82) is 0 Å². The number of aromatic nitrogens is 3. The second-order valence-corrected chi connectivity index (χ2v) is 5.16. The van der Waals surface area contributed by atoms with Crippen LogP contribution in [0.4, 0.5) is 0 Å². The molecule has 2 unspecified atom stereocenters. The SMILES string of the molecule is Cc1nccnc1C(C)CCC(C)c1ccccn1. The van der Waals surface area contributed by atoms with E-state index in [1.165, 1.54) is 5.69 Å². The minimum atomic E-state index is 0.444. The van der Waals surface area contributed by atoms with Gasteiger partial charge in [-0.25, -0.2) is 0 Å². The molecule has 0 amide bonds. The van der Waals surface area contributed by atoms with E-state index in [9.17, 15) is 0 Å². The van der Waals surface area contributed by atoms with Crippen molar-refractivity contribution in [2.45, 2.75) is 45.4 Å². The van der Waals surface area contributed by atoms with Crippen LogP contribution in [0.2, 0.25) is 0 Å². The molecule has 2 atom stereocenters. The van der Waals surface area contributed by atoms with E-state index in [2.05, 4.69) is 40.9 Å². The minimum Gasteiger partial charge on any atom is -0.261 e. The van der Waals surface area contributed by atoms with Crippen LogP contribution in [-0.2, 0) is 0 Å². The Balaban J connectivity index is 1.94. The molecule has 0 aliphatic carbocycles. The normalized spacial score (nSPS) is 14.1. The smallest absolute Gasteiger partial charge is 0.0643 e. The van der Waals surface area contributed by atoms with Crippen LogP contribution in [0.15, 0.2) is 36.8 Å². The van der Waals surface area contributed by atoms with Gasteiger partial charge < -0.3 is 0 Å². The Morgan fingerprint density at radius 1 is 0.895 bits per heavy atom. The molecule has 100 valence electrons. The fourth-order valence-electron chi connectivity index (χ4n) is 2.35. The molecule has 0 N–H and O–H groups in total. The highest BCUT2D eigenvalue weighted by Gasteiger charge is 2.13. The van der Waals surface area contributed by atoms with E-state index in [1.54, 1.807) is 12.4 Å². The number of nitrogens with zero attached hydrogens (tertiary/aromatic N) is 3. The van der Waals surface area contributed by atoms with Gasteiger partial charge in [-0.2, -0.15) is 0 Å². The first kappa shape index (κ1) is 13.7. The Kier molecular flexibility index (Phi) is 4.61. The molecular weight excluding hydrogens is 234 g/mol. The summed E-state index contributed by atoms with van der Waals surface area (Å²) in [5.74, 6) is 0.931. The van der Waals surface area contributed by atoms with E-state index in [0.29, 0.717) is 11.8 Å². The van der Waals surface area contributed by atoms with Gasteiger partial charge in [-0.15, -0.1) is 0 Å². The second kappa shape index (κ2) is 6.41. The molecule has 19 heavy (non-hydrogen) atoms. The summed E-state index contributed by atoms with van der Waals surface area (Å²) in [6.07, 6.45) is 7.62. The van der Waals surface area contributed by atoms with Crippen molar-refractivity contribution >= 4 is 0 Å². The highest BCUT2D eigenvalue weighted by atomic mass is 14.8. The molecule has 2 aromatic heterocycles. The topological polar surface area (TPSA) is 38.7 Å². The summed E-state index contributed by atoms with van der Waals surface area (Å²) in [6.45, 7) is 6.49. The van der Waals surface area contributed by atoms with Gasteiger partial charge in [0.15, 0.2) is 0 Å². The third-order valence-corrected chi connectivity index (χ3v) is 3.61. The lowest BCUT2D eigenvalue weighted by atomic mass is 9.93. The Bertz CT molecular complexity index is 510. The average Bonchev–Trinajstić information content (AvgIpc) is 2.46. The average molecular weight is 255 g/mol. The first-order valence-electron chi connectivity index (χ1n) is 6.87. The fourth-order valence-corrected chi connectivity index (χ4v) is 2.35. The maximum absolute atomic E-state index is 4.45. The van der Waals surface area contributed by atoms with Crippen molar-refractivity contribution in [3.8, 4) is 0 Å². The number of rotatable bonds is 5. The van der Waals surface area contributed by atoms with Crippen LogP contribution in [0.5, 0.6) is 0 Å². The van der Waals surface area contributed by atoms with Crippen LogP contribution in [0.1, 0.15) is 55.6 Å². The molecule has 0 aromatic carbocycles. The summed E-state index contributed by atoms with van der Waals surface area (Å²) < 4.78 is 0. The van der Waals surface area contributed by atoms with Crippen LogP contribution in [0.25, 0.3) is 0 Å².